The van der Waals surface area contributed by atoms with Gasteiger partial charge in [-0.2, -0.15) is 15.7 Å². The number of benzene rings is 1. The molecule has 0 fully saturated rings. The Morgan fingerprint density at radius 3 is 3.14 bits per heavy atom. The normalized spacial score (nSPS) is 15.9. The molecule has 0 radical (unpaired) electrons. The maximum atomic E-state index is 9.96. The Hall–Kier alpha value is -2.38. The van der Waals surface area contributed by atoms with E-state index in [2.05, 4.69) is 15.5 Å². The second-order valence-corrected chi connectivity index (χ2v) is 4.71. The van der Waals surface area contributed by atoms with Crippen molar-refractivity contribution in [3.05, 3.63) is 36.6 Å². The predicted molar refractivity (Wildman–Crippen MR) is 83.3 cm³/mol. The van der Waals surface area contributed by atoms with Gasteiger partial charge < -0.3 is 15.2 Å². The van der Waals surface area contributed by atoms with E-state index in [0.29, 0.717) is 18.0 Å². The Kier molecular flexibility index (Phi) is 5.93. The van der Waals surface area contributed by atoms with Crippen molar-refractivity contribution in [3.8, 4) is 11.5 Å². The molecule has 1 aliphatic heterocycles. The van der Waals surface area contributed by atoms with E-state index in [4.69, 9.17) is 9.57 Å². The number of azo groups is 1. The van der Waals surface area contributed by atoms with Gasteiger partial charge >= 0.3 is 0 Å². The van der Waals surface area contributed by atoms with Crippen molar-refractivity contribution in [2.24, 2.45) is 10.2 Å². The highest BCUT2D eigenvalue weighted by atomic mass is 16.6. The van der Waals surface area contributed by atoms with Crippen LogP contribution in [0.15, 0.2) is 46.8 Å². The number of hydrogen-bond donors (Lipinski definition) is 3. The summed E-state index contributed by atoms with van der Waals surface area (Å²) in [5.41, 5.74) is 2.75. The lowest BCUT2D eigenvalue weighted by atomic mass is 10.2. The minimum Gasteiger partial charge on any atom is -0.506 e. The predicted octanol–water partition coefficient (Wildman–Crippen LogP) is 1.86. The third-order valence-electron chi connectivity index (χ3n) is 2.93. The molecule has 4 N–H and O–H groups in total. The van der Waals surface area contributed by atoms with Crippen molar-refractivity contribution in [2.45, 2.75) is 13.0 Å². The maximum absolute atomic E-state index is 9.96. The Balaban J connectivity index is 2.00. The number of hydroxylamine groups is 1. The zero-order chi connectivity index (χ0) is 15.8. The molecule has 2 rings (SSSR count). The fraction of sp³-hybridized carbons (Fsp3) is 0.333. The highest BCUT2D eigenvalue weighted by Gasteiger charge is 2.13. The van der Waals surface area contributed by atoms with E-state index < -0.39 is 0 Å². The molecule has 0 saturated heterocycles. The van der Waals surface area contributed by atoms with Gasteiger partial charge in [-0.25, -0.2) is 4.84 Å². The standard InChI is InChI=1S/C15H20N4O3/c1-11(5-3-4-6-17-21-2)18-19-12-10-15-13(9-14(12)20)16-7-8-22-15/h3-6,9-11,16-17,20H,7-8H2,1-2H3/p+1/b5-3-,6-4-,19-18?. The third kappa shape index (κ3) is 4.57. The lowest BCUT2D eigenvalue weighted by molar-refractivity contribution is -0.842. The number of aromatic hydroxyl groups is 1. The smallest absolute Gasteiger partial charge is 0.145 e. The number of quaternary nitrogens is 1. The molecule has 0 spiro atoms. The first-order chi connectivity index (χ1) is 10.7. The lowest BCUT2D eigenvalue weighted by Gasteiger charge is -2.19. The van der Waals surface area contributed by atoms with Crippen LogP contribution in [-0.2, 0) is 4.84 Å². The summed E-state index contributed by atoms with van der Waals surface area (Å²) in [4.78, 5) is 4.78. The molecule has 118 valence electrons. The van der Waals surface area contributed by atoms with Crippen LogP contribution in [0.2, 0.25) is 0 Å². The topological polar surface area (TPSA) is 92.1 Å². The number of phenolic OH excluding ortho intramolecular Hbond substituents is 1. The van der Waals surface area contributed by atoms with Crippen LogP contribution in [0, 0.1) is 0 Å². The minimum atomic E-state index is -0.110. The molecule has 7 nitrogen and oxygen atoms in total. The molecule has 1 aromatic carbocycles. The Labute approximate surface area is 129 Å². The SMILES string of the molecule is CO[NH2+]/C=C\C=C/C(C)N=Nc1cc2c(cc1O)NCCO2. The fourth-order valence-corrected chi connectivity index (χ4v) is 1.85. The number of hydrogen-bond acceptors (Lipinski definition) is 6. The van der Waals surface area contributed by atoms with Gasteiger partial charge in [-0.05, 0) is 13.0 Å². The molecule has 0 aromatic heterocycles. The van der Waals surface area contributed by atoms with E-state index in [9.17, 15) is 5.11 Å². The molecular formula is C15H21N4O3+. The lowest BCUT2D eigenvalue weighted by Crippen LogP contribution is -2.75. The van der Waals surface area contributed by atoms with Crippen molar-refractivity contribution in [2.75, 3.05) is 25.6 Å². The zero-order valence-electron chi connectivity index (χ0n) is 12.7. The largest absolute Gasteiger partial charge is 0.506 e. The summed E-state index contributed by atoms with van der Waals surface area (Å²) in [5.74, 6) is 0.755. The molecule has 1 atom stereocenters. The van der Waals surface area contributed by atoms with Gasteiger partial charge in [0, 0.05) is 18.7 Å². The van der Waals surface area contributed by atoms with Gasteiger partial charge in [0.1, 0.15) is 30.0 Å². The molecular weight excluding hydrogens is 284 g/mol. The number of nitrogens with one attached hydrogen (secondary N) is 1. The van der Waals surface area contributed by atoms with Crippen LogP contribution in [0.25, 0.3) is 0 Å². The van der Waals surface area contributed by atoms with Crippen LogP contribution < -0.4 is 15.5 Å². The molecule has 0 amide bonds. The van der Waals surface area contributed by atoms with Gasteiger partial charge in [0.15, 0.2) is 0 Å². The average Bonchev–Trinajstić information content (AvgIpc) is 2.52. The number of allylic oxidation sites excluding steroid dienone is 2. The first kappa shape index (κ1) is 16.0. The van der Waals surface area contributed by atoms with E-state index >= 15 is 0 Å². The average molecular weight is 305 g/mol. The van der Waals surface area contributed by atoms with Crippen LogP contribution in [0.3, 0.4) is 0 Å². The number of phenols is 1. The summed E-state index contributed by atoms with van der Waals surface area (Å²) in [6.07, 6.45) is 7.36. The molecule has 1 aromatic rings. The van der Waals surface area contributed by atoms with Crippen molar-refractivity contribution >= 4 is 11.4 Å². The highest BCUT2D eigenvalue weighted by Crippen LogP contribution is 2.38. The van der Waals surface area contributed by atoms with Crippen LogP contribution in [0.4, 0.5) is 11.4 Å². The number of rotatable bonds is 6. The van der Waals surface area contributed by atoms with Gasteiger partial charge in [0.25, 0.3) is 0 Å². The Morgan fingerprint density at radius 1 is 1.45 bits per heavy atom. The summed E-state index contributed by atoms with van der Waals surface area (Å²) < 4.78 is 5.51. The summed E-state index contributed by atoms with van der Waals surface area (Å²) in [6.45, 7) is 3.23. The quantitative estimate of drug-likeness (QED) is 0.425. The first-order valence-electron chi connectivity index (χ1n) is 7.04. The minimum absolute atomic E-state index is 0.0752. The number of anilines is 1. The third-order valence-corrected chi connectivity index (χ3v) is 2.93. The Bertz CT molecular complexity index is 584. The number of nitrogens with zero attached hydrogens (tertiary/aromatic N) is 2. The molecule has 0 aliphatic carbocycles. The van der Waals surface area contributed by atoms with E-state index in [-0.39, 0.29) is 11.8 Å². The maximum Gasteiger partial charge on any atom is 0.145 e. The van der Waals surface area contributed by atoms with E-state index in [1.807, 2.05) is 25.2 Å². The van der Waals surface area contributed by atoms with Crippen LogP contribution in [0.5, 0.6) is 11.5 Å². The summed E-state index contributed by atoms with van der Waals surface area (Å²) in [5, 5.41) is 21.3. The molecule has 1 unspecified atom stereocenters. The second-order valence-electron chi connectivity index (χ2n) is 4.71. The van der Waals surface area contributed by atoms with Crippen LogP contribution in [-0.4, -0.2) is 31.4 Å². The first-order valence-corrected chi connectivity index (χ1v) is 7.04. The second kappa shape index (κ2) is 8.16. The molecule has 1 heterocycles. The van der Waals surface area contributed by atoms with Crippen LogP contribution >= 0.6 is 0 Å². The van der Waals surface area contributed by atoms with Gasteiger partial charge in [-0.15, -0.1) is 0 Å². The molecule has 22 heavy (non-hydrogen) atoms. The molecule has 0 bridgehead atoms. The highest BCUT2D eigenvalue weighted by molar-refractivity contribution is 5.69. The summed E-state index contributed by atoms with van der Waals surface area (Å²) >= 11 is 0. The van der Waals surface area contributed by atoms with E-state index in [1.54, 1.807) is 30.9 Å². The van der Waals surface area contributed by atoms with Crippen LogP contribution in [0.1, 0.15) is 6.92 Å². The number of fused-ring (bicyclic) bond motifs is 1. The van der Waals surface area contributed by atoms with Crippen molar-refractivity contribution in [1.29, 1.82) is 0 Å². The van der Waals surface area contributed by atoms with E-state index in [1.165, 1.54) is 0 Å². The van der Waals surface area contributed by atoms with Gasteiger partial charge in [-0.3, -0.25) is 0 Å². The van der Waals surface area contributed by atoms with Crippen molar-refractivity contribution in [3.63, 3.8) is 0 Å². The van der Waals surface area contributed by atoms with Gasteiger partial charge in [-0.1, -0.05) is 12.2 Å². The monoisotopic (exact) mass is 305 g/mol. The van der Waals surface area contributed by atoms with E-state index in [0.717, 1.165) is 12.2 Å². The summed E-state index contributed by atoms with van der Waals surface area (Å²) in [6, 6.07) is 3.18. The number of ether oxygens (including phenoxy) is 1. The van der Waals surface area contributed by atoms with Gasteiger partial charge in [0.2, 0.25) is 0 Å². The van der Waals surface area contributed by atoms with Crippen molar-refractivity contribution in [1.82, 2.24) is 0 Å². The Morgan fingerprint density at radius 2 is 2.32 bits per heavy atom. The van der Waals surface area contributed by atoms with Crippen molar-refractivity contribution < 1.29 is 20.2 Å². The van der Waals surface area contributed by atoms with Gasteiger partial charge in [0.05, 0.1) is 18.8 Å². The fourth-order valence-electron chi connectivity index (χ4n) is 1.85. The number of nitrogens with two attached hydrogens (primary N) is 1. The zero-order valence-corrected chi connectivity index (χ0v) is 12.7. The molecule has 7 heteroatoms. The summed E-state index contributed by atoms with van der Waals surface area (Å²) in [7, 11) is 1.59. The molecule has 0 saturated carbocycles. The molecule has 1 aliphatic rings.